The van der Waals surface area contributed by atoms with Gasteiger partial charge >= 0.3 is 5.97 Å². The Hall–Kier alpha value is -0.570. The van der Waals surface area contributed by atoms with Crippen molar-refractivity contribution < 1.29 is 9.53 Å². The summed E-state index contributed by atoms with van der Waals surface area (Å²) in [5, 5.41) is 3.48. The van der Waals surface area contributed by atoms with E-state index in [0.717, 1.165) is 12.3 Å². The van der Waals surface area contributed by atoms with Crippen molar-refractivity contribution in [3.05, 3.63) is 0 Å². The number of nitrogens with one attached hydrogen (secondary N) is 1. The van der Waals surface area contributed by atoms with Gasteiger partial charge in [0.15, 0.2) is 0 Å². The van der Waals surface area contributed by atoms with Gasteiger partial charge < -0.3 is 10.1 Å². The third kappa shape index (κ3) is 5.07. The van der Waals surface area contributed by atoms with Crippen LogP contribution in [0.2, 0.25) is 0 Å². The quantitative estimate of drug-likeness (QED) is 0.752. The molecule has 0 amide bonds. The van der Waals surface area contributed by atoms with Crippen LogP contribution in [0.25, 0.3) is 0 Å². The fourth-order valence-electron chi connectivity index (χ4n) is 2.56. The highest BCUT2D eigenvalue weighted by atomic mass is 16.5. The highest BCUT2D eigenvalue weighted by molar-refractivity contribution is 5.75. The van der Waals surface area contributed by atoms with Crippen LogP contribution >= 0.6 is 0 Å². The Labute approximate surface area is 105 Å². The van der Waals surface area contributed by atoms with E-state index >= 15 is 0 Å². The van der Waals surface area contributed by atoms with E-state index < -0.39 is 0 Å². The zero-order valence-electron chi connectivity index (χ0n) is 11.7. The van der Waals surface area contributed by atoms with Crippen LogP contribution in [0.1, 0.15) is 52.9 Å². The summed E-state index contributed by atoms with van der Waals surface area (Å²) in [5.41, 5.74) is 0. The predicted octanol–water partition coefficient (Wildman–Crippen LogP) is 2.74. The van der Waals surface area contributed by atoms with Gasteiger partial charge in [0.25, 0.3) is 0 Å². The highest BCUT2D eigenvalue weighted by Gasteiger charge is 2.26. The normalized spacial score (nSPS) is 26.9. The van der Waals surface area contributed by atoms with Crippen LogP contribution in [-0.2, 0) is 9.53 Å². The second-order valence-corrected chi connectivity index (χ2v) is 5.83. The zero-order valence-corrected chi connectivity index (χ0v) is 11.7. The number of esters is 1. The highest BCUT2D eigenvalue weighted by Crippen LogP contribution is 2.24. The average molecular weight is 241 g/mol. The van der Waals surface area contributed by atoms with Gasteiger partial charge in [-0.25, -0.2) is 0 Å². The molecule has 100 valence electrons. The molecule has 0 saturated heterocycles. The molecule has 1 aliphatic rings. The van der Waals surface area contributed by atoms with E-state index in [9.17, 15) is 4.79 Å². The van der Waals surface area contributed by atoms with Gasteiger partial charge in [0.1, 0.15) is 6.04 Å². The van der Waals surface area contributed by atoms with Crippen LogP contribution in [0.15, 0.2) is 0 Å². The molecule has 0 aromatic heterocycles. The largest absolute Gasteiger partial charge is 0.468 e. The molecule has 3 nitrogen and oxygen atoms in total. The summed E-state index contributed by atoms with van der Waals surface area (Å²) in [5.74, 6) is 1.24. The maximum atomic E-state index is 11.7. The van der Waals surface area contributed by atoms with Crippen LogP contribution in [0.3, 0.4) is 0 Å². The van der Waals surface area contributed by atoms with E-state index in [-0.39, 0.29) is 12.0 Å². The molecule has 1 saturated carbocycles. The lowest BCUT2D eigenvalue weighted by molar-refractivity contribution is -0.143. The molecule has 0 spiro atoms. The summed E-state index contributed by atoms with van der Waals surface area (Å²) in [6, 6.07) is 0.368. The Kier molecular flexibility index (Phi) is 5.96. The van der Waals surface area contributed by atoms with Gasteiger partial charge in [-0.1, -0.05) is 20.8 Å². The lowest BCUT2D eigenvalue weighted by Crippen LogP contribution is -2.45. The van der Waals surface area contributed by atoms with Crippen LogP contribution in [0.5, 0.6) is 0 Å². The van der Waals surface area contributed by atoms with Gasteiger partial charge in [-0.2, -0.15) is 0 Å². The van der Waals surface area contributed by atoms with Crippen LogP contribution in [0.4, 0.5) is 0 Å². The minimum absolute atomic E-state index is 0.114. The lowest BCUT2D eigenvalue weighted by atomic mass is 9.86. The molecule has 3 heteroatoms. The fourth-order valence-corrected chi connectivity index (χ4v) is 2.56. The Morgan fingerprint density at radius 2 is 1.88 bits per heavy atom. The first-order valence-corrected chi connectivity index (χ1v) is 6.86. The van der Waals surface area contributed by atoms with Crippen LogP contribution in [0, 0.1) is 11.8 Å². The number of hydrogen-bond donors (Lipinski definition) is 1. The summed E-state index contributed by atoms with van der Waals surface area (Å²) >= 11 is 0. The topological polar surface area (TPSA) is 38.3 Å². The molecule has 1 fully saturated rings. The molecule has 1 unspecified atom stereocenters. The zero-order chi connectivity index (χ0) is 12.8. The monoisotopic (exact) mass is 241 g/mol. The molecule has 1 atom stereocenters. The first-order chi connectivity index (χ1) is 8.02. The van der Waals surface area contributed by atoms with E-state index in [1.807, 2.05) is 0 Å². The molecule has 0 radical (unpaired) electrons. The maximum Gasteiger partial charge on any atom is 0.322 e. The molecule has 17 heavy (non-hydrogen) atoms. The Morgan fingerprint density at radius 3 is 2.35 bits per heavy atom. The van der Waals surface area contributed by atoms with Crippen molar-refractivity contribution in [2.45, 2.75) is 65.0 Å². The second kappa shape index (κ2) is 7.00. The number of hydrogen-bond acceptors (Lipinski definition) is 3. The molecule has 0 aromatic carbocycles. The van der Waals surface area contributed by atoms with Gasteiger partial charge in [0.2, 0.25) is 0 Å². The second-order valence-electron chi connectivity index (χ2n) is 5.83. The summed E-state index contributed by atoms with van der Waals surface area (Å²) in [7, 11) is 1.47. The number of methoxy groups -OCH3 is 1. The minimum atomic E-state index is -0.126. The number of rotatable bonds is 5. The van der Waals surface area contributed by atoms with Gasteiger partial charge in [0, 0.05) is 6.04 Å². The van der Waals surface area contributed by atoms with E-state index in [1.165, 1.54) is 32.8 Å². The lowest BCUT2D eigenvalue weighted by Gasteiger charge is -2.30. The number of carbonyl (C=O) groups is 1. The minimum Gasteiger partial charge on any atom is -0.468 e. The van der Waals surface area contributed by atoms with Crippen molar-refractivity contribution in [2.24, 2.45) is 11.8 Å². The van der Waals surface area contributed by atoms with Crippen molar-refractivity contribution in [3.8, 4) is 0 Å². The Morgan fingerprint density at radius 1 is 1.29 bits per heavy atom. The molecule has 1 aliphatic carbocycles. The molecule has 0 aliphatic heterocycles. The Bertz CT molecular complexity index is 232. The third-order valence-corrected chi connectivity index (χ3v) is 3.65. The maximum absolute atomic E-state index is 11.7. The number of carbonyl (C=O) groups excluding carboxylic acids is 1. The summed E-state index contributed by atoms with van der Waals surface area (Å²) < 4.78 is 4.87. The average Bonchev–Trinajstić information content (AvgIpc) is 2.29. The van der Waals surface area contributed by atoms with Crippen molar-refractivity contribution in [2.75, 3.05) is 7.11 Å². The van der Waals surface area contributed by atoms with E-state index in [2.05, 4.69) is 26.1 Å². The van der Waals surface area contributed by atoms with Crippen molar-refractivity contribution in [1.82, 2.24) is 5.32 Å². The van der Waals surface area contributed by atoms with E-state index in [0.29, 0.717) is 12.0 Å². The van der Waals surface area contributed by atoms with Gasteiger partial charge in [0.05, 0.1) is 7.11 Å². The first-order valence-electron chi connectivity index (χ1n) is 6.86. The summed E-state index contributed by atoms with van der Waals surface area (Å²) in [4.78, 5) is 11.7. The molecule has 0 bridgehead atoms. The molecule has 0 heterocycles. The molecule has 1 N–H and O–H groups in total. The van der Waals surface area contributed by atoms with E-state index in [1.54, 1.807) is 0 Å². The molecule has 1 rings (SSSR count). The summed E-state index contributed by atoms with van der Waals surface area (Å²) in [6.07, 6.45) is 5.78. The summed E-state index contributed by atoms with van der Waals surface area (Å²) in [6.45, 7) is 6.59. The van der Waals surface area contributed by atoms with Crippen molar-refractivity contribution >= 4 is 5.97 Å². The Balaban J connectivity index is 2.45. The van der Waals surface area contributed by atoms with E-state index in [4.69, 9.17) is 4.74 Å². The molecular formula is C14H27NO2. The standard InChI is InChI=1S/C14H27NO2/c1-10(2)9-13(14(16)17-4)15-12-7-5-11(3)6-8-12/h10-13,15H,5-9H2,1-4H3. The van der Waals surface area contributed by atoms with Gasteiger partial charge in [-0.05, 0) is 43.9 Å². The first kappa shape index (κ1) is 14.5. The SMILES string of the molecule is COC(=O)C(CC(C)C)NC1CCC(C)CC1. The van der Waals surface area contributed by atoms with Gasteiger partial charge in [-0.15, -0.1) is 0 Å². The predicted molar refractivity (Wildman–Crippen MR) is 69.8 cm³/mol. The van der Waals surface area contributed by atoms with Crippen molar-refractivity contribution in [1.29, 1.82) is 0 Å². The van der Waals surface area contributed by atoms with Gasteiger partial charge in [-0.3, -0.25) is 4.79 Å². The van der Waals surface area contributed by atoms with Crippen LogP contribution in [-0.4, -0.2) is 25.2 Å². The molecule has 0 aromatic rings. The third-order valence-electron chi connectivity index (χ3n) is 3.65. The van der Waals surface area contributed by atoms with Crippen molar-refractivity contribution in [3.63, 3.8) is 0 Å². The fraction of sp³-hybridized carbons (Fsp3) is 0.929. The number of ether oxygens (including phenoxy) is 1. The van der Waals surface area contributed by atoms with Crippen LogP contribution < -0.4 is 5.32 Å². The molecular weight excluding hydrogens is 214 g/mol. The smallest absolute Gasteiger partial charge is 0.322 e.